The molecule has 0 spiro atoms. The van der Waals surface area contributed by atoms with E-state index in [0.717, 1.165) is 18.5 Å². The van der Waals surface area contributed by atoms with Gasteiger partial charge in [-0.1, -0.05) is 26.8 Å². The Bertz CT molecular complexity index is 445. The molecule has 1 aliphatic rings. The lowest BCUT2D eigenvalue weighted by molar-refractivity contribution is 0.341. The smallest absolute Gasteiger partial charge is 0.0368 e. The van der Waals surface area contributed by atoms with Crippen LogP contribution in [0.25, 0.3) is 0 Å². The molecule has 0 saturated heterocycles. The predicted molar refractivity (Wildman–Crippen MR) is 93.0 cm³/mol. The molecule has 0 unspecified atom stereocenters. The summed E-state index contributed by atoms with van der Waals surface area (Å²) in [7, 11) is 2.27. The molecular weight excluding hydrogens is 256 g/mol. The van der Waals surface area contributed by atoms with Crippen LogP contribution in [0.1, 0.15) is 57.6 Å². The largest absolute Gasteiger partial charge is 0.372 e. The Morgan fingerprint density at radius 3 is 2.43 bits per heavy atom. The van der Waals surface area contributed by atoms with Gasteiger partial charge in [-0.05, 0) is 61.8 Å². The van der Waals surface area contributed by atoms with Crippen LogP contribution in [-0.2, 0) is 6.54 Å². The van der Waals surface area contributed by atoms with Gasteiger partial charge in [-0.15, -0.1) is 0 Å². The number of hydrogen-bond donors (Lipinski definition) is 1. The highest BCUT2D eigenvalue weighted by molar-refractivity contribution is 5.51. The van der Waals surface area contributed by atoms with Gasteiger partial charge in [0.15, 0.2) is 0 Å². The summed E-state index contributed by atoms with van der Waals surface area (Å²) >= 11 is 0. The first-order valence-electron chi connectivity index (χ1n) is 8.53. The fraction of sp³-hybridized carbons (Fsp3) is 0.684. The van der Waals surface area contributed by atoms with Gasteiger partial charge in [0.1, 0.15) is 0 Å². The minimum Gasteiger partial charge on any atom is -0.372 e. The van der Waals surface area contributed by atoms with E-state index in [9.17, 15) is 0 Å². The van der Waals surface area contributed by atoms with E-state index in [2.05, 4.69) is 63.2 Å². The zero-order valence-electron chi connectivity index (χ0n) is 14.4. The van der Waals surface area contributed by atoms with Crippen LogP contribution >= 0.6 is 0 Å². The van der Waals surface area contributed by atoms with Crippen molar-refractivity contribution in [2.75, 3.05) is 11.9 Å². The Kier molecular flexibility index (Phi) is 5.69. The van der Waals surface area contributed by atoms with E-state index in [1.54, 1.807) is 0 Å². The summed E-state index contributed by atoms with van der Waals surface area (Å²) in [6.45, 7) is 9.98. The summed E-state index contributed by atoms with van der Waals surface area (Å²) in [5.41, 5.74) is 4.19. The van der Waals surface area contributed by atoms with Crippen molar-refractivity contribution in [2.45, 2.75) is 72.0 Å². The lowest BCUT2D eigenvalue weighted by atomic mass is 9.86. The van der Waals surface area contributed by atoms with Crippen molar-refractivity contribution in [2.24, 2.45) is 5.92 Å². The molecule has 118 valence electrons. The average Bonchev–Trinajstić information content (AvgIpc) is 2.46. The van der Waals surface area contributed by atoms with E-state index in [1.165, 1.54) is 42.5 Å². The van der Waals surface area contributed by atoms with Crippen LogP contribution in [-0.4, -0.2) is 19.1 Å². The normalized spacial score (nSPS) is 22.6. The fourth-order valence-electron chi connectivity index (χ4n) is 3.25. The Morgan fingerprint density at radius 2 is 1.86 bits per heavy atom. The van der Waals surface area contributed by atoms with Crippen molar-refractivity contribution >= 4 is 5.69 Å². The highest BCUT2D eigenvalue weighted by atomic mass is 15.1. The zero-order valence-corrected chi connectivity index (χ0v) is 14.4. The number of rotatable bonds is 5. The molecular formula is C19H32N2. The molecule has 21 heavy (non-hydrogen) atoms. The van der Waals surface area contributed by atoms with Gasteiger partial charge in [0, 0.05) is 31.4 Å². The van der Waals surface area contributed by atoms with Crippen molar-refractivity contribution in [1.29, 1.82) is 0 Å². The molecule has 2 rings (SSSR count). The van der Waals surface area contributed by atoms with Crippen molar-refractivity contribution in [3.63, 3.8) is 0 Å². The summed E-state index contributed by atoms with van der Waals surface area (Å²) in [5.74, 6) is 0.917. The van der Waals surface area contributed by atoms with Crippen LogP contribution in [0.15, 0.2) is 18.2 Å². The maximum absolute atomic E-state index is 3.51. The molecule has 2 heteroatoms. The molecule has 1 aromatic rings. The monoisotopic (exact) mass is 288 g/mol. The van der Waals surface area contributed by atoms with Crippen molar-refractivity contribution in [3.05, 3.63) is 29.3 Å². The topological polar surface area (TPSA) is 15.3 Å². The lowest BCUT2D eigenvalue weighted by Gasteiger charge is -2.35. The number of aryl methyl sites for hydroxylation is 1. The molecule has 2 nitrogen and oxygen atoms in total. The third kappa shape index (κ3) is 4.47. The Morgan fingerprint density at radius 1 is 1.19 bits per heavy atom. The molecule has 1 N–H and O–H groups in total. The van der Waals surface area contributed by atoms with Gasteiger partial charge >= 0.3 is 0 Å². The van der Waals surface area contributed by atoms with Crippen molar-refractivity contribution < 1.29 is 0 Å². The van der Waals surface area contributed by atoms with Crippen LogP contribution in [0.4, 0.5) is 5.69 Å². The molecule has 0 heterocycles. The maximum atomic E-state index is 3.51. The molecule has 1 fully saturated rings. The van der Waals surface area contributed by atoms with E-state index in [0.29, 0.717) is 6.04 Å². The highest BCUT2D eigenvalue weighted by Crippen LogP contribution is 2.30. The minimum absolute atomic E-state index is 0.538. The highest BCUT2D eigenvalue weighted by Gasteiger charge is 2.22. The lowest BCUT2D eigenvalue weighted by Crippen LogP contribution is -2.34. The molecule has 1 aromatic carbocycles. The molecule has 0 radical (unpaired) electrons. The van der Waals surface area contributed by atoms with Gasteiger partial charge in [0.2, 0.25) is 0 Å². The summed E-state index contributed by atoms with van der Waals surface area (Å²) < 4.78 is 0. The second-order valence-electron chi connectivity index (χ2n) is 7.17. The first-order chi connectivity index (χ1) is 9.97. The zero-order chi connectivity index (χ0) is 15.4. The van der Waals surface area contributed by atoms with Gasteiger partial charge in [0.05, 0.1) is 0 Å². The van der Waals surface area contributed by atoms with Crippen LogP contribution < -0.4 is 10.2 Å². The molecule has 0 amide bonds. The number of hydrogen-bond acceptors (Lipinski definition) is 2. The van der Waals surface area contributed by atoms with Crippen molar-refractivity contribution in [3.8, 4) is 0 Å². The Hall–Kier alpha value is -1.02. The molecule has 1 aliphatic carbocycles. The average molecular weight is 288 g/mol. The van der Waals surface area contributed by atoms with Gasteiger partial charge in [-0.25, -0.2) is 0 Å². The summed E-state index contributed by atoms with van der Waals surface area (Å²) in [4.78, 5) is 2.50. The van der Waals surface area contributed by atoms with Crippen LogP contribution in [0.5, 0.6) is 0 Å². The summed E-state index contributed by atoms with van der Waals surface area (Å²) in [6.07, 6.45) is 5.44. The maximum Gasteiger partial charge on any atom is 0.0368 e. The van der Waals surface area contributed by atoms with Crippen LogP contribution in [0.3, 0.4) is 0 Å². The van der Waals surface area contributed by atoms with Gasteiger partial charge in [-0.3, -0.25) is 0 Å². The molecule has 0 aromatic heterocycles. The van der Waals surface area contributed by atoms with E-state index in [4.69, 9.17) is 0 Å². The van der Waals surface area contributed by atoms with E-state index in [-0.39, 0.29) is 0 Å². The minimum atomic E-state index is 0.538. The first kappa shape index (κ1) is 16.4. The predicted octanol–water partition coefficient (Wildman–Crippen LogP) is 4.51. The van der Waals surface area contributed by atoms with E-state index < -0.39 is 0 Å². The number of anilines is 1. The Labute approximate surface area is 130 Å². The second-order valence-corrected chi connectivity index (χ2v) is 7.17. The summed E-state index contributed by atoms with van der Waals surface area (Å²) in [6, 6.07) is 8.20. The second kappa shape index (κ2) is 7.31. The number of nitrogens with one attached hydrogen (secondary N) is 1. The van der Waals surface area contributed by atoms with E-state index >= 15 is 0 Å². The summed E-state index contributed by atoms with van der Waals surface area (Å²) in [5, 5.41) is 3.51. The third-order valence-corrected chi connectivity index (χ3v) is 4.97. The van der Waals surface area contributed by atoms with Crippen LogP contribution in [0.2, 0.25) is 0 Å². The van der Waals surface area contributed by atoms with Gasteiger partial charge < -0.3 is 10.2 Å². The quantitative estimate of drug-likeness (QED) is 0.857. The van der Waals surface area contributed by atoms with Gasteiger partial charge in [-0.2, -0.15) is 0 Å². The van der Waals surface area contributed by atoms with E-state index in [1.807, 2.05) is 0 Å². The SMILES string of the molecule is Cc1cc(N(C)C2CCC(C)CC2)ccc1CNC(C)C. The number of nitrogens with zero attached hydrogens (tertiary/aromatic N) is 1. The van der Waals surface area contributed by atoms with Crippen molar-refractivity contribution in [1.82, 2.24) is 5.32 Å². The molecule has 1 saturated carbocycles. The standard InChI is InChI=1S/C19H32N2/c1-14(2)20-13-17-8-11-19(12-16(17)4)21(5)18-9-6-15(3)7-10-18/h8,11-12,14-15,18,20H,6-7,9-10,13H2,1-5H3. The Balaban J connectivity index is 2.01. The fourth-order valence-corrected chi connectivity index (χ4v) is 3.25. The molecule has 0 bridgehead atoms. The van der Waals surface area contributed by atoms with Gasteiger partial charge in [0.25, 0.3) is 0 Å². The van der Waals surface area contributed by atoms with Crippen LogP contribution in [0, 0.1) is 12.8 Å². The molecule has 0 aliphatic heterocycles. The molecule has 0 atom stereocenters. The number of benzene rings is 1. The first-order valence-corrected chi connectivity index (χ1v) is 8.53. The third-order valence-electron chi connectivity index (χ3n) is 4.97.